The maximum absolute atomic E-state index is 15.8. The molecule has 1 heterocycles. The lowest BCUT2D eigenvalue weighted by atomic mass is 9.98. The third-order valence-electron chi connectivity index (χ3n) is 9.07. The number of hydrogen-bond donors (Lipinski definition) is 1. The molecule has 11 heteroatoms. The second-order valence-corrected chi connectivity index (χ2v) is 11.3. The number of nitrogens with zero attached hydrogens (tertiary/aromatic N) is 3. The van der Waals surface area contributed by atoms with Gasteiger partial charge in [0.25, 0.3) is 0 Å². The molecule has 2 unspecified atom stereocenters. The van der Waals surface area contributed by atoms with Gasteiger partial charge in [0.2, 0.25) is 11.8 Å². The number of anilines is 2. The molecule has 9 nitrogen and oxygen atoms in total. The summed E-state index contributed by atoms with van der Waals surface area (Å²) in [6, 6.07) is 14.3. The zero-order valence-corrected chi connectivity index (χ0v) is 26.6. The minimum Gasteiger partial charge on any atom is -0.493 e. The SMILES string of the molecule is CCN(CC)CCOc1cc2nccc(Oc3ccc(N(C(=O)C4(C(N)=O)C(C)C4C)c4ccc(F)cc4)cc3F)c2cc1OC. The van der Waals surface area contributed by atoms with Gasteiger partial charge in [0.1, 0.15) is 23.6 Å². The molecule has 1 fully saturated rings. The van der Waals surface area contributed by atoms with Crippen LogP contribution < -0.4 is 24.8 Å². The molecule has 2 amide bonds. The van der Waals surface area contributed by atoms with Crippen molar-refractivity contribution in [3.63, 3.8) is 0 Å². The number of amides is 2. The number of hydrogen-bond acceptors (Lipinski definition) is 7. The van der Waals surface area contributed by atoms with Crippen LogP contribution in [-0.4, -0.2) is 55.0 Å². The zero-order valence-electron chi connectivity index (χ0n) is 26.6. The maximum atomic E-state index is 15.8. The lowest BCUT2D eigenvalue weighted by Gasteiger charge is -2.27. The predicted octanol–water partition coefficient (Wildman–Crippen LogP) is 6.46. The fourth-order valence-electron chi connectivity index (χ4n) is 6.02. The van der Waals surface area contributed by atoms with Crippen LogP contribution in [0.25, 0.3) is 10.9 Å². The number of methoxy groups -OCH3 is 1. The topological polar surface area (TPSA) is 107 Å². The highest BCUT2D eigenvalue weighted by atomic mass is 19.1. The van der Waals surface area contributed by atoms with Gasteiger partial charge < -0.3 is 24.8 Å². The number of carbonyl (C=O) groups is 2. The minimum absolute atomic E-state index is 0.112. The number of fused-ring (bicyclic) bond motifs is 1. The molecule has 3 aromatic carbocycles. The van der Waals surface area contributed by atoms with E-state index in [-0.39, 0.29) is 29.0 Å². The van der Waals surface area contributed by atoms with E-state index in [1.165, 1.54) is 48.4 Å². The van der Waals surface area contributed by atoms with Crippen LogP contribution in [-0.2, 0) is 9.59 Å². The number of aromatic nitrogens is 1. The molecule has 1 aliphatic carbocycles. The van der Waals surface area contributed by atoms with E-state index in [9.17, 15) is 14.0 Å². The molecule has 0 spiro atoms. The summed E-state index contributed by atoms with van der Waals surface area (Å²) in [5.41, 5.74) is 5.21. The average Bonchev–Trinajstić information content (AvgIpc) is 3.61. The monoisotopic (exact) mass is 632 g/mol. The number of ether oxygens (including phenoxy) is 3. The molecular formula is C35H38F2N4O5. The summed E-state index contributed by atoms with van der Waals surface area (Å²) in [7, 11) is 1.54. The molecule has 0 bridgehead atoms. The van der Waals surface area contributed by atoms with Gasteiger partial charge in [0.15, 0.2) is 23.1 Å². The number of primary amides is 1. The van der Waals surface area contributed by atoms with Crippen LogP contribution in [0.5, 0.6) is 23.0 Å². The van der Waals surface area contributed by atoms with E-state index >= 15 is 4.39 Å². The molecule has 242 valence electrons. The molecule has 0 aliphatic heterocycles. The molecule has 2 N–H and O–H groups in total. The van der Waals surface area contributed by atoms with Crippen molar-refractivity contribution in [2.75, 3.05) is 38.3 Å². The molecule has 5 rings (SSSR count). The van der Waals surface area contributed by atoms with Crippen molar-refractivity contribution in [1.29, 1.82) is 0 Å². The van der Waals surface area contributed by atoms with E-state index in [4.69, 9.17) is 19.9 Å². The Bertz CT molecular complexity index is 1740. The Morgan fingerprint density at radius 3 is 2.15 bits per heavy atom. The molecule has 0 radical (unpaired) electrons. The van der Waals surface area contributed by atoms with E-state index in [0.29, 0.717) is 34.8 Å². The van der Waals surface area contributed by atoms with Gasteiger partial charge in [-0.05, 0) is 73.5 Å². The number of nitrogens with two attached hydrogens (primary N) is 1. The Balaban J connectivity index is 1.46. The van der Waals surface area contributed by atoms with Gasteiger partial charge in [0, 0.05) is 35.9 Å². The first-order chi connectivity index (χ1) is 22.1. The van der Waals surface area contributed by atoms with Gasteiger partial charge in [0.05, 0.1) is 18.3 Å². The van der Waals surface area contributed by atoms with Gasteiger partial charge >= 0.3 is 0 Å². The zero-order chi connectivity index (χ0) is 33.2. The Labute approximate surface area is 266 Å². The summed E-state index contributed by atoms with van der Waals surface area (Å²) < 4.78 is 47.2. The third-order valence-corrected chi connectivity index (χ3v) is 9.07. The minimum atomic E-state index is -1.47. The molecule has 2 atom stereocenters. The fourth-order valence-corrected chi connectivity index (χ4v) is 6.02. The molecular weight excluding hydrogens is 594 g/mol. The molecule has 46 heavy (non-hydrogen) atoms. The van der Waals surface area contributed by atoms with E-state index in [1.54, 1.807) is 38.2 Å². The van der Waals surface area contributed by atoms with E-state index < -0.39 is 28.9 Å². The summed E-state index contributed by atoms with van der Waals surface area (Å²) in [6.07, 6.45) is 1.55. The maximum Gasteiger partial charge on any atom is 0.247 e. The highest BCUT2D eigenvalue weighted by Crippen LogP contribution is 2.60. The van der Waals surface area contributed by atoms with E-state index in [2.05, 4.69) is 23.7 Å². The summed E-state index contributed by atoms with van der Waals surface area (Å²) in [5, 5.41) is 0.571. The van der Waals surface area contributed by atoms with E-state index in [1.807, 2.05) is 0 Å². The summed E-state index contributed by atoms with van der Waals surface area (Å²) in [5.74, 6) is -2.08. The Morgan fingerprint density at radius 1 is 0.891 bits per heavy atom. The van der Waals surface area contributed by atoms with Gasteiger partial charge in [-0.1, -0.05) is 27.7 Å². The number of halogens is 2. The van der Waals surface area contributed by atoms with Crippen molar-refractivity contribution in [1.82, 2.24) is 9.88 Å². The molecule has 1 aromatic heterocycles. The van der Waals surface area contributed by atoms with Crippen LogP contribution in [0.15, 0.2) is 66.9 Å². The quantitative estimate of drug-likeness (QED) is 0.169. The first-order valence-corrected chi connectivity index (χ1v) is 15.3. The van der Waals surface area contributed by atoms with Crippen LogP contribution in [0.3, 0.4) is 0 Å². The van der Waals surface area contributed by atoms with Crippen LogP contribution >= 0.6 is 0 Å². The van der Waals surface area contributed by atoms with Gasteiger partial charge in [-0.15, -0.1) is 0 Å². The number of carbonyl (C=O) groups excluding carboxylic acids is 2. The number of rotatable bonds is 13. The highest BCUT2D eigenvalue weighted by Gasteiger charge is 2.70. The van der Waals surface area contributed by atoms with Crippen molar-refractivity contribution in [2.45, 2.75) is 27.7 Å². The normalized spacial score (nSPS) is 18.8. The summed E-state index contributed by atoms with van der Waals surface area (Å²) in [6.45, 7) is 10.8. The second-order valence-electron chi connectivity index (χ2n) is 11.3. The van der Waals surface area contributed by atoms with Crippen molar-refractivity contribution in [3.05, 3.63) is 78.5 Å². The molecule has 4 aromatic rings. The third kappa shape index (κ3) is 5.94. The second kappa shape index (κ2) is 13.3. The lowest BCUT2D eigenvalue weighted by molar-refractivity contribution is -0.134. The summed E-state index contributed by atoms with van der Waals surface area (Å²) in [4.78, 5) is 34.4. The van der Waals surface area contributed by atoms with Crippen molar-refractivity contribution in [2.24, 2.45) is 23.0 Å². The standard InChI is InChI=1S/C35H38F2N4O5/c1-6-40(7-2)16-17-45-32-20-28-26(19-31(32)44-5)29(14-15-39-28)46-30-13-12-25(18-27(30)37)41(24-10-8-23(36)9-11-24)34(43)35(33(38)42)21(3)22(35)4/h8-15,18-22H,6-7,16-17H2,1-5H3,(H2,38,42). The van der Waals surface area contributed by atoms with Crippen LogP contribution in [0.4, 0.5) is 20.2 Å². The van der Waals surface area contributed by atoms with Gasteiger partial charge in [-0.3, -0.25) is 19.5 Å². The Hall–Kier alpha value is -4.77. The average molecular weight is 633 g/mol. The van der Waals surface area contributed by atoms with Gasteiger partial charge in [-0.25, -0.2) is 8.78 Å². The number of pyridine rings is 1. The predicted molar refractivity (Wildman–Crippen MR) is 172 cm³/mol. The number of likely N-dealkylation sites (N-methyl/N-ethyl adjacent to an activating group) is 1. The molecule has 1 aliphatic rings. The van der Waals surface area contributed by atoms with Gasteiger partial charge in [-0.2, -0.15) is 0 Å². The summed E-state index contributed by atoms with van der Waals surface area (Å²) >= 11 is 0. The first-order valence-electron chi connectivity index (χ1n) is 15.3. The highest BCUT2D eigenvalue weighted by molar-refractivity contribution is 6.17. The number of benzene rings is 3. The smallest absolute Gasteiger partial charge is 0.247 e. The van der Waals surface area contributed by atoms with Crippen LogP contribution in [0.2, 0.25) is 0 Å². The Kier molecular flexibility index (Phi) is 9.43. The van der Waals surface area contributed by atoms with Crippen molar-refractivity contribution < 1.29 is 32.6 Å². The van der Waals surface area contributed by atoms with Crippen molar-refractivity contribution >= 4 is 34.1 Å². The van der Waals surface area contributed by atoms with E-state index in [0.717, 1.165) is 25.7 Å². The lowest BCUT2D eigenvalue weighted by Crippen LogP contribution is -2.43. The van der Waals surface area contributed by atoms with Crippen LogP contribution in [0, 0.1) is 28.9 Å². The van der Waals surface area contributed by atoms with Crippen molar-refractivity contribution in [3.8, 4) is 23.0 Å². The fraction of sp³-hybridized carbons (Fsp3) is 0.343. The van der Waals surface area contributed by atoms with Crippen LogP contribution in [0.1, 0.15) is 27.7 Å². The Morgan fingerprint density at radius 2 is 1.57 bits per heavy atom. The first kappa shape index (κ1) is 32.6. The molecule has 1 saturated carbocycles. The molecule has 0 saturated heterocycles. The largest absolute Gasteiger partial charge is 0.493 e.